The number of carboxylic acid groups (broad SMARTS) is 2. The molecule has 0 amide bonds. The summed E-state index contributed by atoms with van der Waals surface area (Å²) in [6.07, 6.45) is 0.296. The van der Waals surface area contributed by atoms with Gasteiger partial charge in [-0.1, -0.05) is 6.07 Å². The number of carbonyl (C=O) groups excluding carboxylic acids is 1. The molecule has 2 N–H and O–H groups in total. The van der Waals surface area contributed by atoms with Crippen LogP contribution in [0.4, 0.5) is 0 Å². The number of hydrogen-bond donors (Lipinski definition) is 2. The standard InChI is InChI=1S/C11H10O4.C2H4O2/c12-9-3-4-15-10-2-1-7(5-8(9)10)6-11(13)14;1-2(3)4/h1-2,5H,3-4,6H2,(H,13,14);1H3,(H,3,4). The molecule has 0 aliphatic carbocycles. The molecule has 0 unspecified atom stereocenters. The van der Waals surface area contributed by atoms with E-state index in [1.54, 1.807) is 18.2 Å². The normalized spacial score (nSPS) is 12.6. The van der Waals surface area contributed by atoms with Gasteiger partial charge in [-0.3, -0.25) is 14.4 Å². The third kappa shape index (κ3) is 4.79. The Labute approximate surface area is 109 Å². The lowest BCUT2D eigenvalue weighted by atomic mass is 10.0. The Kier molecular flexibility index (Phi) is 5.05. The highest BCUT2D eigenvalue weighted by Crippen LogP contribution is 2.25. The molecule has 1 aliphatic heterocycles. The first-order chi connectivity index (χ1) is 8.90. The number of ether oxygens (including phenoxy) is 1. The smallest absolute Gasteiger partial charge is 0.307 e. The molecule has 0 spiro atoms. The van der Waals surface area contributed by atoms with Crippen LogP contribution in [0, 0.1) is 0 Å². The maximum Gasteiger partial charge on any atom is 0.307 e. The van der Waals surface area contributed by atoms with Crippen molar-refractivity contribution in [3.05, 3.63) is 29.3 Å². The summed E-state index contributed by atoms with van der Waals surface area (Å²) in [5.41, 5.74) is 1.13. The van der Waals surface area contributed by atoms with Crippen LogP contribution in [0.5, 0.6) is 5.75 Å². The van der Waals surface area contributed by atoms with Crippen molar-refractivity contribution in [1.29, 1.82) is 0 Å². The maximum absolute atomic E-state index is 11.5. The molecule has 1 aromatic carbocycles. The van der Waals surface area contributed by atoms with Crippen LogP contribution < -0.4 is 4.74 Å². The zero-order valence-corrected chi connectivity index (χ0v) is 10.4. The molecule has 2 rings (SSSR count). The number of rotatable bonds is 2. The van der Waals surface area contributed by atoms with E-state index in [9.17, 15) is 9.59 Å². The van der Waals surface area contributed by atoms with Gasteiger partial charge in [-0.15, -0.1) is 0 Å². The number of benzene rings is 1. The maximum atomic E-state index is 11.5. The van der Waals surface area contributed by atoms with Crippen LogP contribution >= 0.6 is 0 Å². The van der Waals surface area contributed by atoms with Gasteiger partial charge in [-0.05, 0) is 17.7 Å². The Balaban J connectivity index is 0.000000399. The largest absolute Gasteiger partial charge is 0.492 e. The quantitative estimate of drug-likeness (QED) is 0.838. The van der Waals surface area contributed by atoms with E-state index in [-0.39, 0.29) is 12.2 Å². The highest BCUT2D eigenvalue weighted by Gasteiger charge is 2.18. The Morgan fingerprint density at radius 2 is 1.95 bits per heavy atom. The van der Waals surface area contributed by atoms with Crippen molar-refractivity contribution in [2.45, 2.75) is 19.8 Å². The first-order valence-corrected chi connectivity index (χ1v) is 5.60. The summed E-state index contributed by atoms with van der Waals surface area (Å²) in [6, 6.07) is 4.93. The van der Waals surface area contributed by atoms with Gasteiger partial charge in [0.05, 0.1) is 18.6 Å². The third-order valence-electron chi connectivity index (χ3n) is 2.29. The van der Waals surface area contributed by atoms with Gasteiger partial charge in [0.25, 0.3) is 5.97 Å². The minimum Gasteiger partial charge on any atom is -0.492 e. The van der Waals surface area contributed by atoms with E-state index < -0.39 is 11.9 Å². The van der Waals surface area contributed by atoms with E-state index in [0.29, 0.717) is 29.9 Å². The first kappa shape index (κ1) is 14.7. The number of Topliss-reactive ketones (excluding diaryl/α,β-unsaturated/α-hetero) is 1. The zero-order valence-electron chi connectivity index (χ0n) is 10.4. The molecular formula is C13H14O6. The predicted molar refractivity (Wildman–Crippen MR) is 65.5 cm³/mol. The number of carbonyl (C=O) groups is 3. The number of ketones is 1. The predicted octanol–water partition coefficient (Wildman–Crippen LogP) is 1.37. The Morgan fingerprint density at radius 1 is 1.32 bits per heavy atom. The second kappa shape index (κ2) is 6.53. The van der Waals surface area contributed by atoms with Crippen LogP contribution in [0.15, 0.2) is 18.2 Å². The van der Waals surface area contributed by atoms with Crippen molar-refractivity contribution < 1.29 is 29.3 Å². The fourth-order valence-electron chi connectivity index (χ4n) is 1.59. The fourth-order valence-corrected chi connectivity index (χ4v) is 1.59. The summed E-state index contributed by atoms with van der Waals surface area (Å²) in [7, 11) is 0. The minimum atomic E-state index is -0.904. The van der Waals surface area contributed by atoms with E-state index in [0.717, 1.165) is 6.92 Å². The zero-order chi connectivity index (χ0) is 14.4. The molecule has 102 valence electrons. The van der Waals surface area contributed by atoms with E-state index in [1.807, 2.05) is 0 Å². The summed E-state index contributed by atoms with van der Waals surface area (Å²) in [6.45, 7) is 1.49. The van der Waals surface area contributed by atoms with Crippen LogP contribution in [-0.2, 0) is 16.0 Å². The van der Waals surface area contributed by atoms with Crippen molar-refractivity contribution in [3.63, 3.8) is 0 Å². The lowest BCUT2D eigenvalue weighted by Gasteiger charge is -2.16. The van der Waals surface area contributed by atoms with Crippen molar-refractivity contribution in [2.24, 2.45) is 0 Å². The van der Waals surface area contributed by atoms with E-state index in [1.165, 1.54) is 0 Å². The van der Waals surface area contributed by atoms with Crippen molar-refractivity contribution in [1.82, 2.24) is 0 Å². The summed E-state index contributed by atoms with van der Waals surface area (Å²) in [4.78, 5) is 31.0. The van der Waals surface area contributed by atoms with Crippen molar-refractivity contribution in [2.75, 3.05) is 6.61 Å². The fraction of sp³-hybridized carbons (Fsp3) is 0.308. The number of hydrogen-bond acceptors (Lipinski definition) is 4. The van der Waals surface area contributed by atoms with Crippen molar-refractivity contribution in [3.8, 4) is 5.75 Å². The molecule has 19 heavy (non-hydrogen) atoms. The molecule has 1 heterocycles. The molecule has 0 radical (unpaired) electrons. The lowest BCUT2D eigenvalue weighted by molar-refractivity contribution is -0.136. The number of carboxylic acids is 2. The van der Waals surface area contributed by atoms with Gasteiger partial charge < -0.3 is 14.9 Å². The highest BCUT2D eigenvalue weighted by molar-refractivity contribution is 5.99. The summed E-state index contributed by atoms with van der Waals surface area (Å²) in [5.74, 6) is -1.16. The monoisotopic (exact) mass is 266 g/mol. The van der Waals surface area contributed by atoms with Crippen LogP contribution in [0.1, 0.15) is 29.3 Å². The van der Waals surface area contributed by atoms with Crippen LogP contribution in [0.3, 0.4) is 0 Å². The molecular weight excluding hydrogens is 252 g/mol. The summed E-state index contributed by atoms with van der Waals surface area (Å²) >= 11 is 0. The average molecular weight is 266 g/mol. The highest BCUT2D eigenvalue weighted by atomic mass is 16.5. The van der Waals surface area contributed by atoms with Crippen LogP contribution in [0.25, 0.3) is 0 Å². The molecule has 0 fully saturated rings. The average Bonchev–Trinajstić information content (AvgIpc) is 2.29. The van der Waals surface area contributed by atoms with Gasteiger partial charge >= 0.3 is 5.97 Å². The Morgan fingerprint density at radius 3 is 2.53 bits per heavy atom. The topological polar surface area (TPSA) is 101 Å². The molecule has 0 saturated heterocycles. The van der Waals surface area contributed by atoms with Gasteiger partial charge in [-0.2, -0.15) is 0 Å². The molecule has 6 nitrogen and oxygen atoms in total. The molecule has 0 bridgehead atoms. The molecule has 1 aliphatic rings. The summed E-state index contributed by atoms with van der Waals surface area (Å²) in [5, 5.41) is 16.0. The van der Waals surface area contributed by atoms with Gasteiger partial charge in [-0.25, -0.2) is 0 Å². The number of fused-ring (bicyclic) bond motifs is 1. The van der Waals surface area contributed by atoms with Crippen LogP contribution in [-0.4, -0.2) is 34.5 Å². The summed E-state index contributed by atoms with van der Waals surface area (Å²) < 4.78 is 5.29. The molecule has 1 aromatic rings. The molecule has 0 saturated carbocycles. The minimum absolute atomic E-state index is 0.0171. The van der Waals surface area contributed by atoms with Crippen molar-refractivity contribution >= 4 is 17.7 Å². The molecule has 6 heteroatoms. The Bertz CT molecular complexity index is 502. The SMILES string of the molecule is CC(=O)O.O=C(O)Cc1ccc2c(c1)C(=O)CCO2. The second-order valence-electron chi connectivity index (χ2n) is 3.94. The van der Waals surface area contributed by atoms with Gasteiger partial charge in [0, 0.05) is 13.3 Å². The van der Waals surface area contributed by atoms with E-state index in [4.69, 9.17) is 19.7 Å². The Hall–Kier alpha value is -2.37. The molecule has 0 atom stereocenters. The molecule has 0 aromatic heterocycles. The number of aliphatic carboxylic acids is 2. The van der Waals surface area contributed by atoms with E-state index >= 15 is 0 Å². The first-order valence-electron chi connectivity index (χ1n) is 5.60. The van der Waals surface area contributed by atoms with Gasteiger partial charge in [0.2, 0.25) is 0 Å². The van der Waals surface area contributed by atoms with Gasteiger partial charge in [0.1, 0.15) is 5.75 Å². The van der Waals surface area contributed by atoms with Crippen LogP contribution in [0.2, 0.25) is 0 Å². The lowest BCUT2D eigenvalue weighted by Crippen LogP contribution is -2.15. The van der Waals surface area contributed by atoms with Gasteiger partial charge in [0.15, 0.2) is 5.78 Å². The van der Waals surface area contributed by atoms with E-state index in [2.05, 4.69) is 0 Å². The third-order valence-corrected chi connectivity index (χ3v) is 2.29. The second-order valence-corrected chi connectivity index (χ2v) is 3.94.